The van der Waals surface area contributed by atoms with Crippen LogP contribution in [0.2, 0.25) is 0 Å². The number of alkyl halides is 3. The number of hydrogen-bond acceptors (Lipinski definition) is 7. The second-order valence-corrected chi connectivity index (χ2v) is 8.88. The minimum absolute atomic E-state index is 0.0532. The Morgan fingerprint density at radius 2 is 1.93 bits per heavy atom. The molecule has 4 rings (SSSR count). The normalized spacial score (nSPS) is 17.1. The standard InChI is InChI=1S/C26H23F5N6O3/c1-32-17-6-15(9-33-10-17)23(38)36-13-25(4-5-40-14-25)24(39)35-12-22-20(28)8-18(11-34-22)37-21-3-2-16(27)7-19(21)26(29,30)31/h2-3,6-11,13,32,37H,4-5,12,14H2,1H3,(H,35,39). The number of anilines is 3. The first-order valence-electron chi connectivity index (χ1n) is 11.9. The number of carbonyl (C=O) groups excluding carboxylic acids is 2. The molecule has 210 valence electrons. The van der Waals surface area contributed by atoms with E-state index in [1.807, 2.05) is 0 Å². The molecule has 1 aliphatic rings. The quantitative estimate of drug-likeness (QED) is 0.274. The van der Waals surface area contributed by atoms with Gasteiger partial charge >= 0.3 is 6.18 Å². The van der Waals surface area contributed by atoms with Crippen molar-refractivity contribution < 1.29 is 36.3 Å². The van der Waals surface area contributed by atoms with Crippen LogP contribution in [0, 0.1) is 17.0 Å². The van der Waals surface area contributed by atoms with Crippen molar-refractivity contribution in [1.29, 1.82) is 0 Å². The van der Waals surface area contributed by atoms with Gasteiger partial charge in [-0.15, -0.1) is 0 Å². The number of pyridine rings is 2. The molecule has 1 aromatic carbocycles. The lowest BCUT2D eigenvalue weighted by Crippen LogP contribution is -2.43. The number of carbonyl (C=O) groups is 2. The van der Waals surface area contributed by atoms with Crippen LogP contribution in [0.3, 0.4) is 0 Å². The Hall–Kier alpha value is -4.46. The first-order chi connectivity index (χ1) is 19.0. The summed E-state index contributed by atoms with van der Waals surface area (Å²) in [5, 5.41) is 7.80. The van der Waals surface area contributed by atoms with Crippen LogP contribution in [0.25, 0.3) is 0 Å². The van der Waals surface area contributed by atoms with Crippen LogP contribution in [-0.4, -0.2) is 48.3 Å². The Bertz CT molecular complexity index is 1440. The Balaban J connectivity index is 1.44. The Morgan fingerprint density at radius 1 is 1.12 bits per heavy atom. The molecule has 3 aromatic rings. The minimum Gasteiger partial charge on any atom is -0.387 e. The van der Waals surface area contributed by atoms with E-state index < -0.39 is 46.3 Å². The summed E-state index contributed by atoms with van der Waals surface area (Å²) in [6, 6.07) is 4.50. The highest BCUT2D eigenvalue weighted by Crippen LogP contribution is 2.36. The van der Waals surface area contributed by atoms with Crippen LogP contribution < -0.4 is 16.0 Å². The third-order valence-electron chi connectivity index (χ3n) is 6.11. The monoisotopic (exact) mass is 562 g/mol. The second kappa shape index (κ2) is 11.7. The summed E-state index contributed by atoms with van der Waals surface area (Å²) < 4.78 is 73.2. The number of rotatable bonds is 8. The van der Waals surface area contributed by atoms with Gasteiger partial charge in [0.05, 0.1) is 53.2 Å². The fourth-order valence-electron chi connectivity index (χ4n) is 3.89. The molecule has 9 nitrogen and oxygen atoms in total. The van der Waals surface area contributed by atoms with E-state index in [2.05, 4.69) is 30.9 Å². The zero-order valence-corrected chi connectivity index (χ0v) is 21.0. The smallest absolute Gasteiger partial charge is 0.387 e. The Kier molecular flexibility index (Phi) is 8.38. The van der Waals surface area contributed by atoms with Crippen molar-refractivity contribution in [2.24, 2.45) is 10.4 Å². The number of aliphatic imine (C=N–C) groups is 1. The van der Waals surface area contributed by atoms with Crippen molar-refractivity contribution in [2.75, 3.05) is 30.9 Å². The lowest BCUT2D eigenvalue weighted by atomic mass is 9.87. The molecule has 1 saturated heterocycles. The van der Waals surface area contributed by atoms with E-state index in [0.29, 0.717) is 11.8 Å². The molecule has 3 heterocycles. The third kappa shape index (κ3) is 6.57. The number of benzene rings is 1. The maximum absolute atomic E-state index is 14.7. The van der Waals surface area contributed by atoms with Gasteiger partial charge in [0.15, 0.2) is 0 Å². The maximum Gasteiger partial charge on any atom is 0.418 e. The van der Waals surface area contributed by atoms with E-state index in [4.69, 9.17) is 4.74 Å². The molecule has 1 atom stereocenters. The van der Waals surface area contributed by atoms with Crippen LogP contribution in [0.15, 0.2) is 53.9 Å². The lowest BCUT2D eigenvalue weighted by Gasteiger charge is -2.21. The highest BCUT2D eigenvalue weighted by molar-refractivity contribution is 6.05. The highest BCUT2D eigenvalue weighted by Gasteiger charge is 2.41. The number of nitrogens with one attached hydrogen (secondary N) is 3. The molecule has 0 spiro atoms. The summed E-state index contributed by atoms with van der Waals surface area (Å²) >= 11 is 0. The SMILES string of the molecule is CNc1cncc(C(=O)N=CC2(C(=O)NCc3ncc(Nc4ccc(F)cc4C(F)(F)F)cc3F)CCOC2)c1. The third-order valence-corrected chi connectivity index (χ3v) is 6.11. The molecular weight excluding hydrogens is 539 g/mol. The van der Waals surface area contributed by atoms with E-state index in [1.165, 1.54) is 18.6 Å². The first-order valence-corrected chi connectivity index (χ1v) is 11.9. The summed E-state index contributed by atoms with van der Waals surface area (Å²) in [5.74, 6) is -3.17. The van der Waals surface area contributed by atoms with E-state index in [1.54, 1.807) is 13.1 Å². The highest BCUT2D eigenvalue weighted by atomic mass is 19.4. The van der Waals surface area contributed by atoms with Crippen molar-refractivity contribution >= 4 is 35.1 Å². The molecule has 1 unspecified atom stereocenters. The molecule has 1 fully saturated rings. The molecule has 2 amide bonds. The van der Waals surface area contributed by atoms with Crippen molar-refractivity contribution in [2.45, 2.75) is 19.1 Å². The van der Waals surface area contributed by atoms with Crippen LogP contribution in [-0.2, 0) is 22.3 Å². The van der Waals surface area contributed by atoms with E-state index in [-0.39, 0.29) is 43.1 Å². The molecule has 1 aliphatic heterocycles. The summed E-state index contributed by atoms with van der Waals surface area (Å²) in [7, 11) is 1.67. The zero-order valence-electron chi connectivity index (χ0n) is 21.0. The van der Waals surface area contributed by atoms with Gasteiger partial charge in [0, 0.05) is 38.3 Å². The zero-order chi connectivity index (χ0) is 28.9. The summed E-state index contributed by atoms with van der Waals surface area (Å²) in [4.78, 5) is 37.4. The van der Waals surface area contributed by atoms with E-state index in [9.17, 15) is 31.5 Å². The fraction of sp³-hybridized carbons (Fsp3) is 0.269. The van der Waals surface area contributed by atoms with Gasteiger partial charge < -0.3 is 20.7 Å². The van der Waals surface area contributed by atoms with Gasteiger partial charge in [-0.1, -0.05) is 0 Å². The van der Waals surface area contributed by atoms with Gasteiger partial charge in [-0.3, -0.25) is 19.6 Å². The van der Waals surface area contributed by atoms with Crippen LogP contribution in [0.4, 0.5) is 39.0 Å². The molecular formula is C26H23F5N6O3. The summed E-state index contributed by atoms with van der Waals surface area (Å²) in [6.07, 6.45) is 0.534. The molecule has 2 aromatic heterocycles. The fourth-order valence-corrected chi connectivity index (χ4v) is 3.89. The number of ether oxygens (including phenoxy) is 1. The molecule has 0 radical (unpaired) electrons. The largest absolute Gasteiger partial charge is 0.418 e. The van der Waals surface area contributed by atoms with Crippen molar-refractivity contribution in [3.63, 3.8) is 0 Å². The Labute approximate surface area is 224 Å². The number of aromatic nitrogens is 2. The average Bonchev–Trinajstić information content (AvgIpc) is 3.42. The second-order valence-electron chi connectivity index (χ2n) is 8.88. The predicted molar refractivity (Wildman–Crippen MR) is 135 cm³/mol. The van der Waals surface area contributed by atoms with Crippen molar-refractivity contribution in [3.05, 3.63) is 77.4 Å². The van der Waals surface area contributed by atoms with Gasteiger partial charge in [-0.05, 0) is 30.7 Å². The molecule has 14 heteroatoms. The molecule has 40 heavy (non-hydrogen) atoms. The Morgan fingerprint density at radius 3 is 2.60 bits per heavy atom. The van der Waals surface area contributed by atoms with E-state index >= 15 is 0 Å². The van der Waals surface area contributed by atoms with Crippen LogP contribution in [0.5, 0.6) is 0 Å². The van der Waals surface area contributed by atoms with E-state index in [0.717, 1.165) is 24.4 Å². The van der Waals surface area contributed by atoms with Gasteiger partial charge in [0.25, 0.3) is 5.91 Å². The molecule has 0 aliphatic carbocycles. The van der Waals surface area contributed by atoms with Crippen molar-refractivity contribution in [3.8, 4) is 0 Å². The van der Waals surface area contributed by atoms with Gasteiger partial charge in [-0.25, -0.2) is 13.8 Å². The van der Waals surface area contributed by atoms with Gasteiger partial charge in [-0.2, -0.15) is 13.2 Å². The first kappa shape index (κ1) is 28.5. The van der Waals surface area contributed by atoms with Gasteiger partial charge in [0.2, 0.25) is 5.91 Å². The molecule has 0 saturated carbocycles. The molecule has 0 bridgehead atoms. The van der Waals surface area contributed by atoms with Crippen LogP contribution in [0.1, 0.15) is 28.0 Å². The lowest BCUT2D eigenvalue weighted by molar-refractivity contribution is -0.137. The maximum atomic E-state index is 14.7. The predicted octanol–water partition coefficient (Wildman–Crippen LogP) is 4.49. The summed E-state index contributed by atoms with van der Waals surface area (Å²) in [6.45, 7) is -0.171. The number of amides is 2. The minimum atomic E-state index is -4.85. The number of hydrogen-bond donors (Lipinski definition) is 3. The van der Waals surface area contributed by atoms with Crippen molar-refractivity contribution in [1.82, 2.24) is 15.3 Å². The number of halogens is 5. The average molecular weight is 562 g/mol. The van der Waals surface area contributed by atoms with Gasteiger partial charge in [0.1, 0.15) is 17.0 Å². The number of nitrogens with zero attached hydrogens (tertiary/aromatic N) is 3. The summed E-state index contributed by atoms with van der Waals surface area (Å²) in [5.41, 5.74) is -2.52. The van der Waals surface area contributed by atoms with Crippen LogP contribution >= 0.6 is 0 Å². The molecule has 3 N–H and O–H groups in total. The topological polar surface area (TPSA) is 118 Å².